The van der Waals surface area contributed by atoms with E-state index in [4.69, 9.17) is 5.73 Å². The molecule has 0 fully saturated rings. The van der Waals surface area contributed by atoms with Gasteiger partial charge in [0.05, 0.1) is 17.9 Å². The van der Waals surface area contributed by atoms with Crippen LogP contribution in [0.4, 0.5) is 10.1 Å². The van der Waals surface area contributed by atoms with Crippen molar-refractivity contribution < 1.29 is 9.18 Å². The van der Waals surface area contributed by atoms with Crippen molar-refractivity contribution in [2.45, 2.75) is 13.5 Å². The number of halogens is 1. The van der Waals surface area contributed by atoms with Gasteiger partial charge in [0.2, 0.25) is 0 Å². The highest BCUT2D eigenvalue weighted by molar-refractivity contribution is 5.94. The molecule has 4 nitrogen and oxygen atoms in total. The van der Waals surface area contributed by atoms with Gasteiger partial charge < -0.3 is 10.6 Å². The van der Waals surface area contributed by atoms with Crippen LogP contribution >= 0.6 is 0 Å². The van der Waals surface area contributed by atoms with E-state index in [1.165, 1.54) is 18.2 Å². The molecule has 0 saturated carbocycles. The summed E-state index contributed by atoms with van der Waals surface area (Å²) in [6.45, 7) is 2.78. The molecule has 0 saturated heterocycles. The van der Waals surface area contributed by atoms with E-state index in [9.17, 15) is 9.18 Å². The van der Waals surface area contributed by atoms with Crippen LogP contribution in [0.2, 0.25) is 0 Å². The lowest BCUT2D eigenvalue weighted by Crippen LogP contribution is -2.30. The molecule has 0 bridgehead atoms. The number of rotatable bonds is 4. The van der Waals surface area contributed by atoms with E-state index in [0.717, 1.165) is 5.69 Å². The van der Waals surface area contributed by atoms with Gasteiger partial charge in [0.1, 0.15) is 5.82 Å². The lowest BCUT2D eigenvalue weighted by molar-refractivity contribution is 0.0750. The molecule has 20 heavy (non-hydrogen) atoms. The Kier molecular flexibility index (Phi) is 4.30. The summed E-state index contributed by atoms with van der Waals surface area (Å²) >= 11 is 0. The van der Waals surface area contributed by atoms with E-state index in [1.54, 1.807) is 11.1 Å². The fourth-order valence-corrected chi connectivity index (χ4v) is 1.86. The second-order valence-electron chi connectivity index (χ2n) is 4.38. The molecule has 0 atom stereocenters. The van der Waals surface area contributed by atoms with Crippen molar-refractivity contribution >= 4 is 11.6 Å². The molecule has 1 aromatic carbocycles. The Labute approximate surface area is 117 Å². The lowest BCUT2D eigenvalue weighted by atomic mass is 10.1. The van der Waals surface area contributed by atoms with Crippen LogP contribution in [0, 0.1) is 5.82 Å². The van der Waals surface area contributed by atoms with Crippen molar-refractivity contribution in [3.8, 4) is 0 Å². The molecule has 1 amide bonds. The van der Waals surface area contributed by atoms with Crippen molar-refractivity contribution in [2.24, 2.45) is 0 Å². The topological polar surface area (TPSA) is 59.2 Å². The lowest BCUT2D eigenvalue weighted by Gasteiger charge is -2.20. The number of amides is 1. The van der Waals surface area contributed by atoms with Gasteiger partial charge in [-0.1, -0.05) is 6.07 Å². The molecule has 0 unspecified atom stereocenters. The number of nitrogen functional groups attached to an aromatic ring is 1. The fraction of sp³-hybridized carbons (Fsp3) is 0.200. The van der Waals surface area contributed by atoms with Crippen molar-refractivity contribution in [3.05, 3.63) is 59.7 Å². The quantitative estimate of drug-likeness (QED) is 0.870. The molecule has 0 aliphatic carbocycles. The van der Waals surface area contributed by atoms with Gasteiger partial charge in [-0.3, -0.25) is 9.78 Å². The second-order valence-corrected chi connectivity index (χ2v) is 4.38. The summed E-state index contributed by atoms with van der Waals surface area (Å²) in [6.07, 6.45) is 1.68. The van der Waals surface area contributed by atoms with Crippen LogP contribution in [-0.2, 0) is 6.54 Å². The van der Waals surface area contributed by atoms with Gasteiger partial charge in [-0.25, -0.2) is 4.39 Å². The van der Waals surface area contributed by atoms with Crippen LogP contribution in [0.15, 0.2) is 42.6 Å². The zero-order valence-corrected chi connectivity index (χ0v) is 11.2. The number of carbonyl (C=O) groups excluding carboxylic acids is 1. The number of anilines is 1. The standard InChI is InChI=1S/C15H16FN3O/c1-2-19(10-12-5-3-4-8-18-12)15(20)11-6-7-14(17)13(16)9-11/h3-9H,2,10,17H2,1H3. The highest BCUT2D eigenvalue weighted by Gasteiger charge is 2.16. The maximum Gasteiger partial charge on any atom is 0.254 e. The molecule has 0 spiro atoms. The predicted molar refractivity (Wildman–Crippen MR) is 75.5 cm³/mol. The highest BCUT2D eigenvalue weighted by Crippen LogP contribution is 2.14. The first-order chi connectivity index (χ1) is 9.61. The van der Waals surface area contributed by atoms with Gasteiger partial charge >= 0.3 is 0 Å². The predicted octanol–water partition coefficient (Wildman–Crippen LogP) is 2.47. The highest BCUT2D eigenvalue weighted by atomic mass is 19.1. The molecule has 2 rings (SSSR count). The van der Waals surface area contributed by atoms with Gasteiger partial charge in [0.15, 0.2) is 0 Å². The number of pyridine rings is 1. The van der Waals surface area contributed by atoms with Crippen molar-refractivity contribution in [1.29, 1.82) is 0 Å². The Morgan fingerprint density at radius 2 is 2.15 bits per heavy atom. The van der Waals surface area contributed by atoms with Gasteiger partial charge in [-0.2, -0.15) is 0 Å². The van der Waals surface area contributed by atoms with Crippen molar-refractivity contribution in [2.75, 3.05) is 12.3 Å². The molecular formula is C15H16FN3O. The van der Waals surface area contributed by atoms with E-state index in [-0.39, 0.29) is 17.2 Å². The maximum absolute atomic E-state index is 13.4. The van der Waals surface area contributed by atoms with Crippen LogP contribution in [-0.4, -0.2) is 22.3 Å². The van der Waals surface area contributed by atoms with E-state index in [1.807, 2.05) is 25.1 Å². The molecule has 1 aromatic heterocycles. The van der Waals surface area contributed by atoms with E-state index in [0.29, 0.717) is 13.1 Å². The van der Waals surface area contributed by atoms with Gasteiger partial charge in [0, 0.05) is 18.3 Å². The minimum absolute atomic E-state index is 0.0364. The average molecular weight is 273 g/mol. The van der Waals surface area contributed by atoms with Gasteiger partial charge in [-0.05, 0) is 37.3 Å². The first-order valence-corrected chi connectivity index (χ1v) is 6.36. The second kappa shape index (κ2) is 6.14. The number of nitrogens with two attached hydrogens (primary N) is 1. The molecule has 104 valence electrons. The minimum Gasteiger partial charge on any atom is -0.396 e. The number of benzene rings is 1. The number of aromatic nitrogens is 1. The van der Waals surface area contributed by atoms with Gasteiger partial charge in [0.25, 0.3) is 5.91 Å². The van der Waals surface area contributed by atoms with Crippen LogP contribution in [0.25, 0.3) is 0 Å². The van der Waals surface area contributed by atoms with Crippen LogP contribution in [0.3, 0.4) is 0 Å². The molecule has 0 radical (unpaired) electrons. The normalized spacial score (nSPS) is 10.3. The molecule has 0 aliphatic heterocycles. The fourth-order valence-electron chi connectivity index (χ4n) is 1.86. The summed E-state index contributed by atoms with van der Waals surface area (Å²) in [7, 11) is 0. The van der Waals surface area contributed by atoms with Crippen LogP contribution in [0.5, 0.6) is 0 Å². The molecular weight excluding hydrogens is 257 g/mol. The SMILES string of the molecule is CCN(Cc1ccccn1)C(=O)c1ccc(N)c(F)c1. The minimum atomic E-state index is -0.579. The molecule has 2 N–H and O–H groups in total. The monoisotopic (exact) mass is 273 g/mol. The molecule has 5 heteroatoms. The average Bonchev–Trinajstić information content (AvgIpc) is 2.48. The van der Waals surface area contributed by atoms with Gasteiger partial charge in [-0.15, -0.1) is 0 Å². The van der Waals surface area contributed by atoms with E-state index in [2.05, 4.69) is 4.98 Å². The molecule has 1 heterocycles. The zero-order chi connectivity index (χ0) is 14.5. The van der Waals surface area contributed by atoms with E-state index < -0.39 is 5.82 Å². The van der Waals surface area contributed by atoms with Crippen LogP contribution < -0.4 is 5.73 Å². The zero-order valence-electron chi connectivity index (χ0n) is 11.2. The number of hydrogen-bond acceptors (Lipinski definition) is 3. The number of hydrogen-bond donors (Lipinski definition) is 1. The summed E-state index contributed by atoms with van der Waals surface area (Å²) in [6, 6.07) is 9.62. The number of carbonyl (C=O) groups is 1. The van der Waals surface area contributed by atoms with Crippen molar-refractivity contribution in [1.82, 2.24) is 9.88 Å². The van der Waals surface area contributed by atoms with Crippen LogP contribution in [0.1, 0.15) is 23.0 Å². The van der Waals surface area contributed by atoms with E-state index >= 15 is 0 Å². The third kappa shape index (κ3) is 3.12. The largest absolute Gasteiger partial charge is 0.396 e. The summed E-state index contributed by atoms with van der Waals surface area (Å²) in [5.41, 5.74) is 6.52. The first kappa shape index (κ1) is 14.0. The maximum atomic E-state index is 13.4. The third-order valence-corrected chi connectivity index (χ3v) is 3.00. The summed E-state index contributed by atoms with van der Waals surface area (Å²) < 4.78 is 13.4. The molecule has 0 aliphatic rings. The molecule has 2 aromatic rings. The number of nitrogens with zero attached hydrogens (tertiary/aromatic N) is 2. The smallest absolute Gasteiger partial charge is 0.254 e. The summed E-state index contributed by atoms with van der Waals surface area (Å²) in [5.74, 6) is -0.818. The Morgan fingerprint density at radius 3 is 2.75 bits per heavy atom. The first-order valence-electron chi connectivity index (χ1n) is 6.36. The van der Waals surface area contributed by atoms with Crippen molar-refractivity contribution in [3.63, 3.8) is 0 Å². The summed E-state index contributed by atoms with van der Waals surface area (Å²) in [4.78, 5) is 18.1. The third-order valence-electron chi connectivity index (χ3n) is 3.00. The Bertz CT molecular complexity index is 601. The Balaban J connectivity index is 2.18. The summed E-state index contributed by atoms with van der Waals surface area (Å²) in [5, 5.41) is 0. The Morgan fingerprint density at radius 1 is 1.35 bits per heavy atom. The Hall–Kier alpha value is -2.43.